The van der Waals surface area contributed by atoms with E-state index in [1.807, 2.05) is 25.1 Å². The molecule has 1 aromatic carbocycles. The summed E-state index contributed by atoms with van der Waals surface area (Å²) in [6.07, 6.45) is 1.07. The van der Waals surface area contributed by atoms with Crippen LogP contribution in [0.5, 0.6) is 0 Å². The Morgan fingerprint density at radius 1 is 1.26 bits per heavy atom. The van der Waals surface area contributed by atoms with Gasteiger partial charge in [-0.1, -0.05) is 30.4 Å². The van der Waals surface area contributed by atoms with Crippen LogP contribution in [0.25, 0.3) is 21.7 Å². The van der Waals surface area contributed by atoms with Gasteiger partial charge in [-0.2, -0.15) is 0 Å². The van der Waals surface area contributed by atoms with Crippen LogP contribution >= 0.6 is 11.3 Å². The number of hydrogen-bond acceptors (Lipinski definition) is 4. The van der Waals surface area contributed by atoms with Crippen molar-refractivity contribution in [3.63, 3.8) is 0 Å². The van der Waals surface area contributed by atoms with E-state index in [1.54, 1.807) is 0 Å². The van der Waals surface area contributed by atoms with Crippen LogP contribution in [-0.4, -0.2) is 14.5 Å². The first-order valence-electron chi connectivity index (χ1n) is 6.39. The molecule has 3 aromatic rings. The van der Waals surface area contributed by atoms with Gasteiger partial charge in [-0.25, -0.2) is 9.97 Å². The first kappa shape index (κ1) is 12.2. The van der Waals surface area contributed by atoms with Gasteiger partial charge in [0, 0.05) is 6.54 Å². The lowest BCUT2D eigenvalue weighted by molar-refractivity contribution is 0.704. The molecule has 2 heterocycles. The molecule has 0 aliphatic heterocycles. The monoisotopic (exact) mass is 272 g/mol. The number of benzene rings is 1. The number of aromatic nitrogens is 3. The van der Waals surface area contributed by atoms with Crippen LogP contribution in [0.15, 0.2) is 24.3 Å². The summed E-state index contributed by atoms with van der Waals surface area (Å²) >= 11 is 1.51. The fraction of sp³-hybridized carbons (Fsp3) is 0.286. The second-order valence-corrected chi connectivity index (χ2v) is 5.57. The number of para-hydroxylation sites is 2. The highest BCUT2D eigenvalue weighted by molar-refractivity contribution is 7.18. The van der Waals surface area contributed by atoms with Crippen molar-refractivity contribution in [1.29, 1.82) is 0 Å². The first-order chi connectivity index (χ1) is 9.20. The topological polar surface area (TPSA) is 56.7 Å². The second kappa shape index (κ2) is 4.66. The van der Waals surface area contributed by atoms with Gasteiger partial charge in [-0.15, -0.1) is 0 Å². The summed E-state index contributed by atoms with van der Waals surface area (Å²) in [6, 6.07) is 8.23. The predicted octanol–water partition coefficient (Wildman–Crippen LogP) is 3.46. The number of anilines is 1. The van der Waals surface area contributed by atoms with Crippen LogP contribution in [-0.2, 0) is 6.54 Å². The maximum absolute atomic E-state index is 5.81. The summed E-state index contributed by atoms with van der Waals surface area (Å²) in [7, 11) is 0. The highest BCUT2D eigenvalue weighted by Gasteiger charge is 2.16. The molecule has 0 saturated heterocycles. The Hall–Kier alpha value is -1.88. The normalized spacial score (nSPS) is 11.3. The van der Waals surface area contributed by atoms with Crippen molar-refractivity contribution in [3.05, 3.63) is 30.0 Å². The van der Waals surface area contributed by atoms with E-state index in [-0.39, 0.29) is 0 Å². The van der Waals surface area contributed by atoms with Crippen LogP contribution in [0.3, 0.4) is 0 Å². The molecule has 0 bridgehead atoms. The maximum Gasteiger partial charge on any atom is 0.180 e. The SMILES string of the molecule is CCCn1c(-c2sc(N)nc2C)nc2ccccc21. The Morgan fingerprint density at radius 3 is 2.74 bits per heavy atom. The highest BCUT2D eigenvalue weighted by atomic mass is 32.1. The molecule has 0 fully saturated rings. The second-order valence-electron chi connectivity index (χ2n) is 4.54. The molecule has 5 heteroatoms. The van der Waals surface area contributed by atoms with E-state index in [0.717, 1.165) is 34.9 Å². The zero-order valence-electron chi connectivity index (χ0n) is 11.1. The third kappa shape index (κ3) is 2.00. The molecular weight excluding hydrogens is 256 g/mol. The standard InChI is InChI=1S/C14H16N4S/c1-3-8-18-11-7-5-4-6-10(11)17-13(18)12-9(2)16-14(15)19-12/h4-7H,3,8H2,1-2H3,(H2,15,16). The molecule has 0 amide bonds. The Bertz CT molecular complexity index is 726. The average molecular weight is 272 g/mol. The molecule has 0 unspecified atom stereocenters. The maximum atomic E-state index is 5.81. The molecule has 2 N–H and O–H groups in total. The van der Waals surface area contributed by atoms with Crippen LogP contribution < -0.4 is 5.73 Å². The summed E-state index contributed by atoms with van der Waals surface area (Å²) in [4.78, 5) is 10.1. The number of rotatable bonds is 3. The summed E-state index contributed by atoms with van der Waals surface area (Å²) in [5.74, 6) is 0.981. The van der Waals surface area contributed by atoms with Crippen molar-refractivity contribution in [2.45, 2.75) is 26.8 Å². The minimum absolute atomic E-state index is 0.600. The number of nitrogen functional groups attached to an aromatic ring is 1. The Kier molecular flexibility index (Phi) is 2.98. The van der Waals surface area contributed by atoms with Crippen molar-refractivity contribution in [2.24, 2.45) is 0 Å². The van der Waals surface area contributed by atoms with Gasteiger partial charge >= 0.3 is 0 Å². The molecule has 4 nitrogen and oxygen atoms in total. The number of hydrogen-bond donors (Lipinski definition) is 1. The van der Waals surface area contributed by atoms with E-state index < -0.39 is 0 Å². The molecule has 0 aliphatic carbocycles. The lowest BCUT2D eigenvalue weighted by atomic mass is 10.3. The molecule has 0 saturated carbocycles. The molecule has 0 atom stereocenters. The molecule has 98 valence electrons. The molecule has 0 aliphatic rings. The van der Waals surface area contributed by atoms with E-state index in [9.17, 15) is 0 Å². The van der Waals surface area contributed by atoms with Gasteiger partial charge in [-0.3, -0.25) is 0 Å². The van der Waals surface area contributed by atoms with E-state index >= 15 is 0 Å². The van der Waals surface area contributed by atoms with Gasteiger partial charge in [0.1, 0.15) is 0 Å². The Morgan fingerprint density at radius 2 is 2.05 bits per heavy atom. The summed E-state index contributed by atoms with van der Waals surface area (Å²) in [5, 5.41) is 0.600. The average Bonchev–Trinajstić information content (AvgIpc) is 2.91. The number of fused-ring (bicyclic) bond motifs is 1. The number of imidazole rings is 1. The van der Waals surface area contributed by atoms with Gasteiger partial charge < -0.3 is 10.3 Å². The van der Waals surface area contributed by atoms with E-state index in [0.29, 0.717) is 5.13 Å². The van der Waals surface area contributed by atoms with E-state index in [1.165, 1.54) is 16.9 Å². The smallest absolute Gasteiger partial charge is 0.180 e. The Labute approximate surface area is 115 Å². The van der Waals surface area contributed by atoms with Gasteiger partial charge in [0.2, 0.25) is 0 Å². The van der Waals surface area contributed by atoms with Crippen LogP contribution in [0.4, 0.5) is 5.13 Å². The van der Waals surface area contributed by atoms with Crippen LogP contribution in [0.1, 0.15) is 19.0 Å². The number of aryl methyl sites for hydroxylation is 2. The van der Waals surface area contributed by atoms with Crippen LogP contribution in [0, 0.1) is 6.92 Å². The molecule has 0 spiro atoms. The van der Waals surface area contributed by atoms with Gasteiger partial charge in [-0.05, 0) is 25.5 Å². The first-order valence-corrected chi connectivity index (χ1v) is 7.21. The highest BCUT2D eigenvalue weighted by Crippen LogP contribution is 2.33. The molecule has 0 radical (unpaired) electrons. The molecular formula is C14H16N4S. The Balaban J connectivity index is 2.27. The molecule has 3 rings (SSSR count). The minimum atomic E-state index is 0.600. The fourth-order valence-electron chi connectivity index (χ4n) is 2.32. The van der Waals surface area contributed by atoms with Gasteiger partial charge in [0.15, 0.2) is 11.0 Å². The van der Waals surface area contributed by atoms with Crippen LogP contribution in [0.2, 0.25) is 0 Å². The van der Waals surface area contributed by atoms with Crippen molar-refractivity contribution < 1.29 is 0 Å². The third-order valence-corrected chi connectivity index (χ3v) is 4.10. The largest absolute Gasteiger partial charge is 0.375 e. The number of nitrogens with zero attached hydrogens (tertiary/aromatic N) is 3. The molecule has 2 aromatic heterocycles. The predicted molar refractivity (Wildman–Crippen MR) is 80.3 cm³/mol. The minimum Gasteiger partial charge on any atom is -0.375 e. The van der Waals surface area contributed by atoms with Crippen molar-refractivity contribution in [3.8, 4) is 10.7 Å². The zero-order valence-corrected chi connectivity index (χ0v) is 11.9. The van der Waals surface area contributed by atoms with Crippen molar-refractivity contribution in [2.75, 3.05) is 5.73 Å². The lowest BCUT2D eigenvalue weighted by Crippen LogP contribution is -1.99. The summed E-state index contributed by atoms with van der Waals surface area (Å²) < 4.78 is 2.26. The van der Waals surface area contributed by atoms with E-state index in [4.69, 9.17) is 10.7 Å². The van der Waals surface area contributed by atoms with Gasteiger partial charge in [0.25, 0.3) is 0 Å². The quantitative estimate of drug-likeness (QED) is 0.794. The summed E-state index contributed by atoms with van der Waals surface area (Å²) in [6.45, 7) is 5.11. The number of nitrogens with two attached hydrogens (primary N) is 1. The zero-order chi connectivity index (χ0) is 13.4. The van der Waals surface area contributed by atoms with Gasteiger partial charge in [0.05, 0.1) is 21.6 Å². The molecule has 19 heavy (non-hydrogen) atoms. The van der Waals surface area contributed by atoms with E-state index in [2.05, 4.69) is 22.5 Å². The van der Waals surface area contributed by atoms with Crippen molar-refractivity contribution in [1.82, 2.24) is 14.5 Å². The third-order valence-electron chi connectivity index (χ3n) is 3.12. The number of thiazole rings is 1. The fourth-order valence-corrected chi connectivity index (χ4v) is 3.16. The van der Waals surface area contributed by atoms with Crippen molar-refractivity contribution >= 4 is 27.5 Å². The lowest BCUT2D eigenvalue weighted by Gasteiger charge is -2.06. The summed E-state index contributed by atoms with van der Waals surface area (Å²) in [5.41, 5.74) is 8.96.